The maximum absolute atomic E-state index is 5.61. The molecule has 0 aromatic heterocycles. The van der Waals surface area contributed by atoms with Crippen LogP contribution in [-0.4, -0.2) is 33.5 Å². The third-order valence-corrected chi connectivity index (χ3v) is 2.40. The fourth-order valence-electron chi connectivity index (χ4n) is 1.38. The van der Waals surface area contributed by atoms with Crippen LogP contribution in [0.2, 0.25) is 0 Å². The van der Waals surface area contributed by atoms with Crippen LogP contribution in [-0.2, 0) is 9.47 Å². The average molecular weight is 238 g/mol. The van der Waals surface area contributed by atoms with E-state index in [0.29, 0.717) is 13.2 Å². The Morgan fingerprint density at radius 1 is 0.882 bits per heavy atom. The van der Waals surface area contributed by atoms with Crippen LogP contribution in [0.25, 0.3) is 0 Å². The lowest BCUT2D eigenvalue weighted by atomic mass is 10.2. The molecule has 0 unspecified atom stereocenters. The number of rotatable bonds is 9. The summed E-state index contributed by atoms with van der Waals surface area (Å²) in [5.74, 6) is 0.941. The van der Waals surface area contributed by atoms with Gasteiger partial charge in [0.2, 0.25) is 0 Å². The molecular weight excluding hydrogens is 216 g/mol. The number of unbranched alkanes of at least 4 members (excludes halogenated alkanes) is 1. The Labute approximate surface area is 104 Å². The molecule has 0 saturated heterocycles. The van der Waals surface area contributed by atoms with Crippen LogP contribution in [0, 0.1) is 6.92 Å². The van der Waals surface area contributed by atoms with Gasteiger partial charge >= 0.3 is 0 Å². The van der Waals surface area contributed by atoms with Crippen LogP contribution >= 0.6 is 0 Å². The van der Waals surface area contributed by atoms with E-state index >= 15 is 0 Å². The molecule has 1 aromatic rings. The predicted molar refractivity (Wildman–Crippen MR) is 68.6 cm³/mol. The van der Waals surface area contributed by atoms with Gasteiger partial charge in [0, 0.05) is 13.7 Å². The van der Waals surface area contributed by atoms with Gasteiger partial charge in [-0.1, -0.05) is 17.7 Å². The number of hydrogen-bond acceptors (Lipinski definition) is 3. The zero-order chi connectivity index (χ0) is 12.3. The molecule has 96 valence electrons. The molecule has 0 radical (unpaired) electrons. The van der Waals surface area contributed by atoms with Gasteiger partial charge < -0.3 is 14.2 Å². The van der Waals surface area contributed by atoms with Crippen molar-refractivity contribution < 1.29 is 14.2 Å². The number of hydrogen-bond donors (Lipinski definition) is 0. The van der Waals surface area contributed by atoms with E-state index in [2.05, 4.69) is 19.1 Å². The highest BCUT2D eigenvalue weighted by atomic mass is 16.5. The molecule has 17 heavy (non-hydrogen) atoms. The van der Waals surface area contributed by atoms with Crippen LogP contribution in [0.3, 0.4) is 0 Å². The summed E-state index contributed by atoms with van der Waals surface area (Å²) in [4.78, 5) is 0. The van der Waals surface area contributed by atoms with Gasteiger partial charge in [-0.15, -0.1) is 0 Å². The first-order valence-electron chi connectivity index (χ1n) is 6.09. The maximum atomic E-state index is 5.61. The highest BCUT2D eigenvalue weighted by Crippen LogP contribution is 2.11. The summed E-state index contributed by atoms with van der Waals surface area (Å²) in [6, 6.07) is 8.13. The number of aryl methyl sites for hydroxylation is 1. The van der Waals surface area contributed by atoms with Crippen LogP contribution < -0.4 is 4.74 Å². The summed E-state index contributed by atoms with van der Waals surface area (Å²) in [7, 11) is 1.68. The SMILES string of the molecule is COCCOCCCCOc1ccc(C)cc1. The van der Waals surface area contributed by atoms with E-state index in [4.69, 9.17) is 14.2 Å². The Kier molecular flexibility index (Phi) is 7.43. The normalized spacial score (nSPS) is 10.5. The van der Waals surface area contributed by atoms with Gasteiger partial charge in [-0.2, -0.15) is 0 Å². The second-order valence-corrected chi connectivity index (χ2v) is 3.97. The van der Waals surface area contributed by atoms with Crippen molar-refractivity contribution in [2.45, 2.75) is 19.8 Å². The molecule has 3 heteroatoms. The van der Waals surface area contributed by atoms with Crippen molar-refractivity contribution in [3.8, 4) is 5.75 Å². The second-order valence-electron chi connectivity index (χ2n) is 3.97. The topological polar surface area (TPSA) is 27.7 Å². The fraction of sp³-hybridized carbons (Fsp3) is 0.571. The number of ether oxygens (including phenoxy) is 3. The Morgan fingerprint density at radius 3 is 2.29 bits per heavy atom. The second kappa shape index (κ2) is 9.02. The minimum atomic E-state index is 0.667. The van der Waals surface area contributed by atoms with Gasteiger partial charge in [-0.3, -0.25) is 0 Å². The molecule has 0 N–H and O–H groups in total. The van der Waals surface area contributed by atoms with Crippen LogP contribution in [0.5, 0.6) is 5.75 Å². The van der Waals surface area contributed by atoms with Gasteiger partial charge in [0.25, 0.3) is 0 Å². The predicted octanol–water partition coefficient (Wildman–Crippen LogP) is 2.82. The van der Waals surface area contributed by atoms with Crippen molar-refractivity contribution >= 4 is 0 Å². The van der Waals surface area contributed by atoms with E-state index in [1.807, 2.05) is 12.1 Å². The van der Waals surface area contributed by atoms with E-state index in [1.165, 1.54) is 5.56 Å². The van der Waals surface area contributed by atoms with Crippen LogP contribution in [0.1, 0.15) is 18.4 Å². The lowest BCUT2D eigenvalue weighted by molar-refractivity contribution is 0.0674. The summed E-state index contributed by atoms with van der Waals surface area (Å²) in [6.45, 7) is 4.94. The minimum absolute atomic E-state index is 0.667. The van der Waals surface area contributed by atoms with Crippen LogP contribution in [0.15, 0.2) is 24.3 Å². The molecule has 0 aliphatic carbocycles. The number of benzene rings is 1. The average Bonchev–Trinajstić information content (AvgIpc) is 2.35. The van der Waals surface area contributed by atoms with Crippen molar-refractivity contribution in [3.63, 3.8) is 0 Å². The first-order chi connectivity index (χ1) is 8.33. The summed E-state index contributed by atoms with van der Waals surface area (Å²) in [5.41, 5.74) is 1.25. The van der Waals surface area contributed by atoms with Crippen molar-refractivity contribution in [2.24, 2.45) is 0 Å². The van der Waals surface area contributed by atoms with Gasteiger partial charge in [0.15, 0.2) is 0 Å². The van der Waals surface area contributed by atoms with Gasteiger partial charge in [-0.05, 0) is 31.9 Å². The molecular formula is C14H22O3. The Hall–Kier alpha value is -1.06. The van der Waals surface area contributed by atoms with E-state index < -0.39 is 0 Å². The molecule has 0 spiro atoms. The lowest BCUT2D eigenvalue weighted by Gasteiger charge is -2.06. The third kappa shape index (κ3) is 6.97. The standard InChI is InChI=1S/C14H22O3/c1-13-5-7-14(8-6-13)17-10-4-3-9-16-12-11-15-2/h5-8H,3-4,9-12H2,1-2H3. The number of methoxy groups -OCH3 is 1. The molecule has 0 heterocycles. The van der Waals surface area contributed by atoms with E-state index in [9.17, 15) is 0 Å². The van der Waals surface area contributed by atoms with Crippen molar-refractivity contribution in [1.82, 2.24) is 0 Å². The largest absolute Gasteiger partial charge is 0.494 e. The highest BCUT2D eigenvalue weighted by molar-refractivity contribution is 5.26. The Bertz CT molecular complexity index is 282. The summed E-state index contributed by atoms with van der Waals surface area (Å²) < 4.78 is 15.9. The van der Waals surface area contributed by atoms with E-state index in [0.717, 1.165) is 31.8 Å². The molecule has 0 atom stereocenters. The quantitative estimate of drug-likeness (QED) is 0.619. The minimum Gasteiger partial charge on any atom is -0.494 e. The first-order valence-corrected chi connectivity index (χ1v) is 6.09. The van der Waals surface area contributed by atoms with Gasteiger partial charge in [0.1, 0.15) is 5.75 Å². The third-order valence-electron chi connectivity index (χ3n) is 2.40. The monoisotopic (exact) mass is 238 g/mol. The molecule has 1 rings (SSSR count). The molecule has 0 fully saturated rings. The van der Waals surface area contributed by atoms with Crippen LogP contribution in [0.4, 0.5) is 0 Å². The molecule has 0 aliphatic heterocycles. The van der Waals surface area contributed by atoms with Crippen molar-refractivity contribution in [3.05, 3.63) is 29.8 Å². The first kappa shape index (κ1) is 14.0. The molecule has 1 aromatic carbocycles. The molecule has 0 saturated carbocycles. The smallest absolute Gasteiger partial charge is 0.119 e. The lowest BCUT2D eigenvalue weighted by Crippen LogP contribution is -2.04. The van der Waals surface area contributed by atoms with Crippen molar-refractivity contribution in [1.29, 1.82) is 0 Å². The van der Waals surface area contributed by atoms with Crippen molar-refractivity contribution in [2.75, 3.05) is 33.5 Å². The zero-order valence-corrected chi connectivity index (χ0v) is 10.8. The molecule has 3 nitrogen and oxygen atoms in total. The summed E-state index contributed by atoms with van der Waals surface area (Å²) in [5, 5.41) is 0. The van der Waals surface area contributed by atoms with E-state index in [-0.39, 0.29) is 0 Å². The highest BCUT2D eigenvalue weighted by Gasteiger charge is 1.94. The summed E-state index contributed by atoms with van der Waals surface area (Å²) in [6.07, 6.45) is 2.04. The molecule has 0 aliphatic rings. The fourth-order valence-corrected chi connectivity index (χ4v) is 1.38. The Balaban J connectivity index is 1.95. The maximum Gasteiger partial charge on any atom is 0.119 e. The Morgan fingerprint density at radius 2 is 1.59 bits per heavy atom. The molecule has 0 bridgehead atoms. The van der Waals surface area contributed by atoms with Gasteiger partial charge in [-0.25, -0.2) is 0 Å². The summed E-state index contributed by atoms with van der Waals surface area (Å²) >= 11 is 0. The molecule has 0 amide bonds. The van der Waals surface area contributed by atoms with Gasteiger partial charge in [0.05, 0.1) is 19.8 Å². The van der Waals surface area contributed by atoms with E-state index in [1.54, 1.807) is 7.11 Å². The zero-order valence-electron chi connectivity index (χ0n) is 10.8.